The molecule has 0 radical (unpaired) electrons. The van der Waals surface area contributed by atoms with Crippen molar-refractivity contribution in [2.24, 2.45) is 0 Å². The lowest BCUT2D eigenvalue weighted by molar-refractivity contribution is 0.0933. The molecule has 0 aromatic heterocycles. The van der Waals surface area contributed by atoms with E-state index in [2.05, 4.69) is 27.3 Å². The molecule has 0 aliphatic carbocycles. The van der Waals surface area contributed by atoms with Crippen LogP contribution in [0, 0.1) is 6.92 Å². The van der Waals surface area contributed by atoms with Crippen LogP contribution in [0.4, 0.5) is 0 Å². The van der Waals surface area contributed by atoms with Crippen LogP contribution in [0.1, 0.15) is 21.5 Å². The first-order chi connectivity index (χ1) is 10.1. The zero-order chi connectivity index (χ0) is 14.8. The van der Waals surface area contributed by atoms with Gasteiger partial charge in [0, 0.05) is 16.5 Å². The topological polar surface area (TPSA) is 38.3 Å². The van der Waals surface area contributed by atoms with Crippen molar-refractivity contribution in [2.75, 3.05) is 6.54 Å². The molecule has 0 bridgehead atoms. The maximum Gasteiger partial charge on any atom is 0.251 e. The zero-order valence-electron chi connectivity index (χ0n) is 11.7. The predicted octanol–water partition coefficient (Wildman–Crippen LogP) is 3.49. The Morgan fingerprint density at radius 2 is 2.14 bits per heavy atom. The first kappa shape index (κ1) is 14.1. The van der Waals surface area contributed by atoms with Crippen LogP contribution in [-0.2, 0) is 6.42 Å². The highest BCUT2D eigenvalue weighted by atomic mass is 79.9. The summed E-state index contributed by atoms with van der Waals surface area (Å²) in [7, 11) is 0. The van der Waals surface area contributed by atoms with E-state index in [1.54, 1.807) is 0 Å². The van der Waals surface area contributed by atoms with Crippen molar-refractivity contribution < 1.29 is 9.53 Å². The van der Waals surface area contributed by atoms with Crippen LogP contribution in [0.2, 0.25) is 0 Å². The molecule has 1 amide bonds. The molecule has 0 saturated carbocycles. The molecule has 2 aromatic carbocycles. The molecule has 0 spiro atoms. The third-order valence-electron chi connectivity index (χ3n) is 3.51. The Labute approximate surface area is 132 Å². The lowest BCUT2D eigenvalue weighted by Gasteiger charge is -2.12. The summed E-state index contributed by atoms with van der Waals surface area (Å²) in [6.07, 6.45) is 0.855. The highest BCUT2D eigenvalue weighted by Gasteiger charge is 2.22. The largest absolute Gasteiger partial charge is 0.488 e. The summed E-state index contributed by atoms with van der Waals surface area (Å²) in [5, 5.41) is 2.95. The molecule has 1 N–H and O–H groups in total. The molecule has 0 fully saturated rings. The average Bonchev–Trinajstić information content (AvgIpc) is 2.86. The van der Waals surface area contributed by atoms with Crippen LogP contribution in [0.3, 0.4) is 0 Å². The lowest BCUT2D eigenvalue weighted by Crippen LogP contribution is -2.34. The predicted molar refractivity (Wildman–Crippen MR) is 85.8 cm³/mol. The smallest absolute Gasteiger partial charge is 0.251 e. The van der Waals surface area contributed by atoms with Gasteiger partial charge in [-0.15, -0.1) is 0 Å². The molecule has 0 saturated heterocycles. The fourth-order valence-electron chi connectivity index (χ4n) is 2.54. The number of benzene rings is 2. The molecule has 1 aliphatic heterocycles. The van der Waals surface area contributed by atoms with Crippen molar-refractivity contribution in [2.45, 2.75) is 19.4 Å². The lowest BCUT2D eigenvalue weighted by atomic mass is 10.1. The molecule has 4 heteroatoms. The van der Waals surface area contributed by atoms with E-state index in [4.69, 9.17) is 4.74 Å². The highest BCUT2D eigenvalue weighted by molar-refractivity contribution is 9.10. The van der Waals surface area contributed by atoms with Crippen LogP contribution in [0.5, 0.6) is 5.75 Å². The van der Waals surface area contributed by atoms with Gasteiger partial charge in [-0.2, -0.15) is 0 Å². The summed E-state index contributed by atoms with van der Waals surface area (Å²) in [5.74, 6) is 0.856. The molecule has 108 valence electrons. The van der Waals surface area contributed by atoms with Crippen LogP contribution in [0.25, 0.3) is 0 Å². The Morgan fingerprint density at radius 3 is 2.90 bits per heavy atom. The minimum atomic E-state index is -0.0704. The summed E-state index contributed by atoms with van der Waals surface area (Å²) in [6, 6.07) is 13.7. The second-order valence-electron chi connectivity index (χ2n) is 5.28. The van der Waals surface area contributed by atoms with Gasteiger partial charge in [0.05, 0.1) is 6.54 Å². The van der Waals surface area contributed by atoms with Gasteiger partial charge in [0.15, 0.2) is 0 Å². The van der Waals surface area contributed by atoms with Gasteiger partial charge in [0.1, 0.15) is 11.9 Å². The van der Waals surface area contributed by atoms with Crippen molar-refractivity contribution in [3.8, 4) is 5.75 Å². The Hall–Kier alpha value is -1.81. The summed E-state index contributed by atoms with van der Waals surface area (Å²) in [5.41, 5.74) is 2.92. The number of rotatable bonds is 3. The van der Waals surface area contributed by atoms with Gasteiger partial charge < -0.3 is 10.1 Å². The van der Waals surface area contributed by atoms with Crippen LogP contribution in [-0.4, -0.2) is 18.6 Å². The monoisotopic (exact) mass is 345 g/mol. The number of aryl methyl sites for hydroxylation is 1. The fourth-order valence-corrected chi connectivity index (χ4v) is 3.15. The number of halogens is 1. The van der Waals surface area contributed by atoms with Gasteiger partial charge in [-0.25, -0.2) is 0 Å². The minimum Gasteiger partial charge on any atom is -0.488 e. The van der Waals surface area contributed by atoms with Crippen molar-refractivity contribution in [3.63, 3.8) is 0 Å². The number of fused-ring (bicyclic) bond motifs is 1. The number of para-hydroxylation sites is 1. The van der Waals surface area contributed by atoms with E-state index in [1.807, 2.05) is 43.3 Å². The molecule has 1 unspecified atom stereocenters. The normalized spacial score (nSPS) is 16.2. The standard InChI is InChI=1S/C17H16BrNO2/c1-11-6-13(8-14(18)7-11)17(20)19-10-15-9-12-4-2-3-5-16(12)21-15/h2-8,15H,9-10H2,1H3,(H,19,20). The first-order valence-electron chi connectivity index (χ1n) is 6.92. The quantitative estimate of drug-likeness (QED) is 0.924. The maximum absolute atomic E-state index is 12.2. The number of nitrogens with one attached hydrogen (secondary N) is 1. The number of ether oxygens (including phenoxy) is 1. The fraction of sp³-hybridized carbons (Fsp3) is 0.235. The average molecular weight is 346 g/mol. The Kier molecular flexibility index (Phi) is 3.97. The number of hydrogen-bond donors (Lipinski definition) is 1. The van der Waals surface area contributed by atoms with Crippen molar-refractivity contribution in [3.05, 3.63) is 63.6 Å². The Balaban J connectivity index is 1.60. The number of carbonyl (C=O) groups is 1. The van der Waals surface area contributed by atoms with Crippen molar-refractivity contribution in [1.82, 2.24) is 5.32 Å². The van der Waals surface area contributed by atoms with Crippen LogP contribution >= 0.6 is 15.9 Å². The van der Waals surface area contributed by atoms with E-state index < -0.39 is 0 Å². The molecule has 2 aromatic rings. The van der Waals surface area contributed by atoms with Gasteiger partial charge in [0.2, 0.25) is 0 Å². The summed E-state index contributed by atoms with van der Waals surface area (Å²) < 4.78 is 6.73. The van der Waals surface area contributed by atoms with Gasteiger partial charge >= 0.3 is 0 Å². The van der Waals surface area contributed by atoms with Crippen molar-refractivity contribution in [1.29, 1.82) is 0 Å². The molecule has 3 nitrogen and oxygen atoms in total. The van der Waals surface area contributed by atoms with E-state index in [1.165, 1.54) is 5.56 Å². The third-order valence-corrected chi connectivity index (χ3v) is 3.97. The zero-order valence-corrected chi connectivity index (χ0v) is 13.3. The summed E-state index contributed by atoms with van der Waals surface area (Å²) in [4.78, 5) is 12.2. The first-order valence-corrected chi connectivity index (χ1v) is 7.71. The second-order valence-corrected chi connectivity index (χ2v) is 6.19. The van der Waals surface area contributed by atoms with E-state index >= 15 is 0 Å². The van der Waals surface area contributed by atoms with E-state index in [9.17, 15) is 4.79 Å². The summed E-state index contributed by atoms with van der Waals surface area (Å²) >= 11 is 3.41. The van der Waals surface area contributed by atoms with E-state index in [-0.39, 0.29) is 12.0 Å². The molecule has 21 heavy (non-hydrogen) atoms. The van der Waals surface area contributed by atoms with Gasteiger partial charge in [0.25, 0.3) is 5.91 Å². The number of amides is 1. The van der Waals surface area contributed by atoms with Crippen LogP contribution in [0.15, 0.2) is 46.9 Å². The maximum atomic E-state index is 12.2. The molecular weight excluding hydrogens is 330 g/mol. The summed E-state index contributed by atoms with van der Waals surface area (Å²) in [6.45, 7) is 2.48. The number of hydrogen-bond acceptors (Lipinski definition) is 2. The highest BCUT2D eigenvalue weighted by Crippen LogP contribution is 2.27. The van der Waals surface area contributed by atoms with Gasteiger partial charge in [-0.3, -0.25) is 4.79 Å². The number of carbonyl (C=O) groups excluding carboxylic acids is 1. The van der Waals surface area contributed by atoms with Gasteiger partial charge in [-0.1, -0.05) is 34.1 Å². The third kappa shape index (κ3) is 3.27. The van der Waals surface area contributed by atoms with Gasteiger partial charge in [-0.05, 0) is 42.3 Å². The SMILES string of the molecule is Cc1cc(Br)cc(C(=O)NCC2Cc3ccccc3O2)c1. The van der Waals surface area contributed by atoms with E-state index in [0.717, 1.165) is 22.2 Å². The molecule has 3 rings (SSSR count). The van der Waals surface area contributed by atoms with Crippen LogP contribution < -0.4 is 10.1 Å². The molecule has 1 aliphatic rings. The molecule has 1 heterocycles. The second kappa shape index (κ2) is 5.90. The molecular formula is C17H16BrNO2. The van der Waals surface area contributed by atoms with E-state index in [0.29, 0.717) is 12.1 Å². The molecule has 1 atom stereocenters. The minimum absolute atomic E-state index is 0.0135. The Bertz CT molecular complexity index is 639. The van der Waals surface area contributed by atoms with Crippen molar-refractivity contribution >= 4 is 21.8 Å². The Morgan fingerprint density at radius 1 is 1.33 bits per heavy atom.